The molecule has 104 valence electrons. The van der Waals surface area contributed by atoms with Crippen molar-refractivity contribution in [3.63, 3.8) is 0 Å². The number of hydrogen-bond acceptors (Lipinski definition) is 3. The Labute approximate surface area is 116 Å². The van der Waals surface area contributed by atoms with Crippen molar-refractivity contribution in [3.05, 3.63) is 23.3 Å². The molecule has 2 aliphatic rings. The van der Waals surface area contributed by atoms with Crippen LogP contribution in [0.25, 0.3) is 0 Å². The molecule has 0 bridgehead atoms. The molecule has 1 atom stereocenters. The molecule has 0 saturated heterocycles. The molecule has 19 heavy (non-hydrogen) atoms. The highest BCUT2D eigenvalue weighted by atomic mass is 14.9. The van der Waals surface area contributed by atoms with Gasteiger partial charge in [0.15, 0.2) is 0 Å². The Kier molecular flexibility index (Phi) is 4.12. The van der Waals surface area contributed by atoms with E-state index >= 15 is 0 Å². The van der Waals surface area contributed by atoms with E-state index in [-0.39, 0.29) is 0 Å². The number of nitrogens with one attached hydrogen (secondary N) is 1. The van der Waals surface area contributed by atoms with E-state index in [2.05, 4.69) is 18.4 Å². The van der Waals surface area contributed by atoms with Gasteiger partial charge in [0.1, 0.15) is 5.82 Å². The van der Waals surface area contributed by atoms with E-state index in [0.717, 1.165) is 18.8 Å². The Balaban J connectivity index is 1.82. The van der Waals surface area contributed by atoms with Gasteiger partial charge in [-0.2, -0.15) is 0 Å². The zero-order valence-corrected chi connectivity index (χ0v) is 12.0. The fraction of sp³-hybridized carbons (Fsp3) is 0.750. The Hall–Kier alpha value is -0.960. The lowest BCUT2D eigenvalue weighted by atomic mass is 9.87. The lowest BCUT2D eigenvalue weighted by Crippen LogP contribution is -2.26. The van der Waals surface area contributed by atoms with Crippen molar-refractivity contribution in [3.8, 4) is 0 Å². The van der Waals surface area contributed by atoms with Crippen LogP contribution in [0.3, 0.4) is 0 Å². The first-order valence-electron chi connectivity index (χ1n) is 7.97. The molecule has 1 aromatic rings. The van der Waals surface area contributed by atoms with E-state index < -0.39 is 0 Å². The highest BCUT2D eigenvalue weighted by Crippen LogP contribution is 2.33. The predicted octanol–water partition coefficient (Wildman–Crippen LogP) is 3.51. The third-order valence-electron chi connectivity index (χ3n) is 4.62. The summed E-state index contributed by atoms with van der Waals surface area (Å²) in [5.41, 5.74) is 2.67. The Morgan fingerprint density at radius 2 is 2.00 bits per heavy atom. The van der Waals surface area contributed by atoms with Crippen molar-refractivity contribution in [2.45, 2.75) is 70.3 Å². The van der Waals surface area contributed by atoms with Crippen molar-refractivity contribution in [1.82, 2.24) is 15.3 Å². The van der Waals surface area contributed by atoms with E-state index in [1.807, 2.05) is 0 Å². The zero-order valence-electron chi connectivity index (χ0n) is 12.0. The van der Waals surface area contributed by atoms with Gasteiger partial charge in [0, 0.05) is 29.4 Å². The van der Waals surface area contributed by atoms with Gasteiger partial charge in [0.2, 0.25) is 0 Å². The third-order valence-corrected chi connectivity index (χ3v) is 4.62. The fourth-order valence-corrected chi connectivity index (χ4v) is 3.58. The third kappa shape index (κ3) is 2.81. The smallest absolute Gasteiger partial charge is 0.131 e. The monoisotopic (exact) mass is 259 g/mol. The van der Waals surface area contributed by atoms with E-state index in [4.69, 9.17) is 9.97 Å². The van der Waals surface area contributed by atoms with Crippen LogP contribution in [0.4, 0.5) is 0 Å². The van der Waals surface area contributed by atoms with Crippen LogP contribution in [0.1, 0.15) is 80.9 Å². The summed E-state index contributed by atoms with van der Waals surface area (Å²) in [6.07, 6.45) is 12.4. The molecule has 0 aromatic carbocycles. The Morgan fingerprint density at radius 3 is 2.79 bits per heavy atom. The van der Waals surface area contributed by atoms with Gasteiger partial charge < -0.3 is 5.32 Å². The average molecular weight is 259 g/mol. The van der Waals surface area contributed by atoms with Gasteiger partial charge in [-0.1, -0.05) is 26.2 Å². The molecule has 1 saturated carbocycles. The molecule has 3 nitrogen and oxygen atoms in total. The first-order chi connectivity index (χ1) is 9.38. The van der Waals surface area contributed by atoms with Crippen molar-refractivity contribution >= 4 is 0 Å². The van der Waals surface area contributed by atoms with Crippen molar-refractivity contribution in [2.75, 3.05) is 6.54 Å². The second kappa shape index (κ2) is 6.00. The number of rotatable bonds is 3. The van der Waals surface area contributed by atoms with Gasteiger partial charge >= 0.3 is 0 Å². The molecule has 0 radical (unpaired) electrons. The minimum atomic E-state index is 0.481. The second-order valence-corrected chi connectivity index (χ2v) is 5.97. The highest BCUT2D eigenvalue weighted by Gasteiger charge is 2.24. The Bertz CT molecular complexity index is 424. The number of aromatic nitrogens is 2. The maximum Gasteiger partial charge on any atom is 0.131 e. The van der Waals surface area contributed by atoms with Crippen LogP contribution in [0.15, 0.2) is 6.20 Å². The summed E-state index contributed by atoms with van der Waals surface area (Å²) in [5, 5.41) is 3.56. The summed E-state index contributed by atoms with van der Waals surface area (Å²) in [7, 11) is 0. The van der Waals surface area contributed by atoms with Crippen LogP contribution in [0.2, 0.25) is 0 Å². The first kappa shape index (κ1) is 13.0. The summed E-state index contributed by atoms with van der Waals surface area (Å²) in [6.45, 7) is 3.19. The van der Waals surface area contributed by atoms with Gasteiger partial charge in [-0.25, -0.2) is 9.97 Å². The van der Waals surface area contributed by atoms with E-state index in [1.54, 1.807) is 0 Å². The lowest BCUT2D eigenvalue weighted by molar-refractivity contribution is 0.420. The van der Waals surface area contributed by atoms with Crippen molar-refractivity contribution in [2.24, 2.45) is 0 Å². The molecule has 1 aromatic heterocycles. The molecule has 0 spiro atoms. The zero-order chi connectivity index (χ0) is 13.1. The Morgan fingerprint density at radius 1 is 1.16 bits per heavy atom. The standard InChI is InChI=1S/C16H25N3/c1-2-17-14-9-6-10-15-13(14)11-18-16(19-15)12-7-4-3-5-8-12/h11-12,14,17H,2-10H2,1H3. The van der Waals surface area contributed by atoms with Crippen LogP contribution in [0.5, 0.6) is 0 Å². The minimum Gasteiger partial charge on any atom is -0.310 e. The van der Waals surface area contributed by atoms with Crippen LogP contribution in [-0.2, 0) is 6.42 Å². The second-order valence-electron chi connectivity index (χ2n) is 5.97. The SMILES string of the molecule is CCNC1CCCc2nc(C3CCCCC3)ncc21. The summed E-state index contributed by atoms with van der Waals surface area (Å²) >= 11 is 0. The summed E-state index contributed by atoms with van der Waals surface area (Å²) in [5.74, 6) is 1.74. The van der Waals surface area contributed by atoms with E-state index in [9.17, 15) is 0 Å². The molecular formula is C16H25N3. The normalized spacial score (nSPS) is 24.2. The average Bonchev–Trinajstić information content (AvgIpc) is 2.48. The van der Waals surface area contributed by atoms with Gasteiger partial charge in [-0.3, -0.25) is 0 Å². The predicted molar refractivity (Wildman–Crippen MR) is 77.2 cm³/mol. The largest absolute Gasteiger partial charge is 0.310 e. The molecule has 3 rings (SSSR count). The van der Waals surface area contributed by atoms with E-state index in [0.29, 0.717) is 12.0 Å². The molecule has 3 heteroatoms. The molecule has 2 aliphatic carbocycles. The molecule has 1 unspecified atom stereocenters. The van der Waals surface area contributed by atoms with Gasteiger partial charge in [-0.15, -0.1) is 0 Å². The number of fused-ring (bicyclic) bond motifs is 1. The van der Waals surface area contributed by atoms with Crippen molar-refractivity contribution < 1.29 is 0 Å². The quantitative estimate of drug-likeness (QED) is 0.902. The first-order valence-corrected chi connectivity index (χ1v) is 7.97. The van der Waals surface area contributed by atoms with Crippen LogP contribution in [0, 0.1) is 0 Å². The maximum absolute atomic E-state index is 4.92. The minimum absolute atomic E-state index is 0.481. The molecule has 1 N–H and O–H groups in total. The highest BCUT2D eigenvalue weighted by molar-refractivity contribution is 5.25. The number of hydrogen-bond donors (Lipinski definition) is 1. The van der Waals surface area contributed by atoms with Gasteiger partial charge in [0.25, 0.3) is 0 Å². The molecule has 1 fully saturated rings. The summed E-state index contributed by atoms with van der Waals surface area (Å²) in [4.78, 5) is 9.62. The summed E-state index contributed by atoms with van der Waals surface area (Å²) in [6, 6.07) is 0.481. The van der Waals surface area contributed by atoms with Crippen LogP contribution < -0.4 is 5.32 Å². The fourth-order valence-electron chi connectivity index (χ4n) is 3.58. The van der Waals surface area contributed by atoms with Crippen molar-refractivity contribution in [1.29, 1.82) is 0 Å². The maximum atomic E-state index is 4.92. The molecule has 1 heterocycles. The van der Waals surface area contributed by atoms with Crippen LogP contribution >= 0.6 is 0 Å². The van der Waals surface area contributed by atoms with E-state index in [1.165, 1.54) is 56.2 Å². The topological polar surface area (TPSA) is 37.8 Å². The summed E-state index contributed by atoms with van der Waals surface area (Å²) < 4.78 is 0. The molecule has 0 aliphatic heterocycles. The van der Waals surface area contributed by atoms with Gasteiger partial charge in [0.05, 0.1) is 0 Å². The number of nitrogens with zero attached hydrogens (tertiary/aromatic N) is 2. The lowest BCUT2D eigenvalue weighted by Gasteiger charge is -2.27. The number of aryl methyl sites for hydroxylation is 1. The molecule has 0 amide bonds. The van der Waals surface area contributed by atoms with Crippen LogP contribution in [-0.4, -0.2) is 16.5 Å². The van der Waals surface area contributed by atoms with Gasteiger partial charge in [-0.05, 0) is 38.6 Å². The molecular weight excluding hydrogens is 234 g/mol.